The number of carbonyl (C=O) groups excluding carboxylic acids is 1. The van der Waals surface area contributed by atoms with Crippen molar-refractivity contribution in [2.45, 2.75) is 108 Å². The number of nitrogens with zero attached hydrogens (tertiary/aromatic N) is 2. The van der Waals surface area contributed by atoms with Gasteiger partial charge in [0, 0.05) is 34.8 Å². The molecule has 4 aliphatic rings. The Morgan fingerprint density at radius 1 is 1.00 bits per heavy atom. The van der Waals surface area contributed by atoms with Gasteiger partial charge in [0.1, 0.15) is 11.5 Å². The van der Waals surface area contributed by atoms with Crippen molar-refractivity contribution in [3.05, 3.63) is 69.4 Å². The number of fused-ring (bicyclic) bond motifs is 2. The van der Waals surface area contributed by atoms with Gasteiger partial charge in [0.05, 0.1) is 22.8 Å². The van der Waals surface area contributed by atoms with Crippen LogP contribution in [0.15, 0.2) is 47.0 Å². The number of piperidine rings is 1. The van der Waals surface area contributed by atoms with Crippen LogP contribution < -0.4 is 5.32 Å². The first-order valence-electron chi connectivity index (χ1n) is 15.7. The van der Waals surface area contributed by atoms with Crippen LogP contribution in [-0.4, -0.2) is 34.3 Å². The van der Waals surface area contributed by atoms with Gasteiger partial charge >= 0.3 is 6.03 Å². The average Bonchev–Trinajstić information content (AvgIpc) is 3.71. The summed E-state index contributed by atoms with van der Waals surface area (Å²) in [4.78, 5) is 15.7. The Morgan fingerprint density at radius 2 is 1.76 bits per heavy atom. The summed E-state index contributed by atoms with van der Waals surface area (Å²) in [5.41, 5.74) is 4.58. The Kier molecular flexibility index (Phi) is 7.97. The minimum atomic E-state index is 0.0132. The molecule has 6 nitrogen and oxygen atoms in total. The predicted molar refractivity (Wildman–Crippen MR) is 166 cm³/mol. The number of amides is 2. The molecule has 7 rings (SSSR count). The van der Waals surface area contributed by atoms with Gasteiger partial charge in [-0.2, -0.15) is 0 Å². The van der Waals surface area contributed by atoms with E-state index in [-0.39, 0.29) is 24.2 Å². The highest BCUT2D eigenvalue weighted by atomic mass is 35.5. The molecule has 2 bridgehead atoms. The second-order valence-electron chi connectivity index (χ2n) is 12.9. The number of urea groups is 1. The molecule has 2 saturated carbocycles. The molecule has 222 valence electrons. The average molecular weight is 609 g/mol. The van der Waals surface area contributed by atoms with Crippen molar-refractivity contribution in [2.24, 2.45) is 5.92 Å². The third-order valence-corrected chi connectivity index (χ3v) is 10.6. The van der Waals surface area contributed by atoms with Gasteiger partial charge in [-0.25, -0.2) is 4.79 Å². The third-order valence-electron chi connectivity index (χ3n) is 9.97. The summed E-state index contributed by atoms with van der Waals surface area (Å²) in [5, 5.41) is 8.76. The maximum absolute atomic E-state index is 13.6. The number of rotatable bonds is 7. The molecule has 0 spiro atoms. The normalized spacial score (nSPS) is 26.0. The Morgan fingerprint density at radius 3 is 2.50 bits per heavy atom. The van der Waals surface area contributed by atoms with E-state index in [9.17, 15) is 4.79 Å². The number of hydrogen-bond acceptors (Lipinski definition) is 4. The van der Waals surface area contributed by atoms with Crippen LogP contribution in [0.2, 0.25) is 10.0 Å². The number of ether oxygens (including phenoxy) is 1. The van der Waals surface area contributed by atoms with Crippen LogP contribution in [0, 0.1) is 5.92 Å². The fourth-order valence-corrected chi connectivity index (χ4v) is 8.24. The lowest BCUT2D eigenvalue weighted by molar-refractivity contribution is -0.0181. The maximum atomic E-state index is 13.6. The van der Waals surface area contributed by atoms with Crippen molar-refractivity contribution < 1.29 is 14.1 Å². The molecule has 2 saturated heterocycles. The van der Waals surface area contributed by atoms with E-state index in [1.54, 1.807) is 0 Å². The summed E-state index contributed by atoms with van der Waals surface area (Å²) in [6, 6.07) is 14.3. The fourth-order valence-electron chi connectivity index (χ4n) is 7.67. The number of carbonyl (C=O) groups is 1. The molecule has 4 fully saturated rings. The van der Waals surface area contributed by atoms with Crippen LogP contribution in [0.1, 0.15) is 99.9 Å². The third kappa shape index (κ3) is 5.58. The minimum absolute atomic E-state index is 0.0132. The number of halogens is 2. The molecule has 3 aromatic rings. The molecule has 2 unspecified atom stereocenters. The van der Waals surface area contributed by atoms with E-state index in [0.717, 1.165) is 49.1 Å². The molecular formula is C34H39Cl2N3O3. The maximum Gasteiger partial charge on any atom is 0.322 e. The summed E-state index contributed by atoms with van der Waals surface area (Å²) in [6.07, 6.45) is 11.3. The molecule has 4 atom stereocenters. The topological polar surface area (TPSA) is 67.6 Å². The first-order valence-corrected chi connectivity index (χ1v) is 16.5. The van der Waals surface area contributed by atoms with Crippen LogP contribution in [0.4, 0.5) is 10.5 Å². The largest absolute Gasteiger partial charge is 0.373 e. The van der Waals surface area contributed by atoms with E-state index >= 15 is 0 Å². The molecule has 2 aliphatic heterocycles. The van der Waals surface area contributed by atoms with Gasteiger partial charge in [-0.1, -0.05) is 72.7 Å². The molecular weight excluding hydrogens is 569 g/mol. The van der Waals surface area contributed by atoms with Gasteiger partial charge in [0.15, 0.2) is 0 Å². The molecule has 0 radical (unpaired) electrons. The summed E-state index contributed by atoms with van der Waals surface area (Å²) in [5.74, 6) is 2.31. The van der Waals surface area contributed by atoms with E-state index in [4.69, 9.17) is 32.5 Å². The lowest BCUT2D eigenvalue weighted by Gasteiger charge is -2.39. The fraction of sp³-hybridized carbons (Fsp3) is 0.529. The first-order chi connectivity index (χ1) is 20.5. The van der Waals surface area contributed by atoms with Crippen molar-refractivity contribution >= 4 is 34.9 Å². The Bertz CT molecular complexity index is 1430. The lowest BCUT2D eigenvalue weighted by atomic mass is 9.84. The van der Waals surface area contributed by atoms with E-state index in [1.165, 1.54) is 37.7 Å². The second-order valence-corrected chi connectivity index (χ2v) is 13.7. The van der Waals surface area contributed by atoms with Crippen molar-refractivity contribution in [1.29, 1.82) is 0 Å². The highest BCUT2D eigenvalue weighted by Crippen LogP contribution is 2.47. The Balaban J connectivity index is 1.03. The highest BCUT2D eigenvalue weighted by Gasteiger charge is 2.48. The van der Waals surface area contributed by atoms with E-state index in [0.29, 0.717) is 45.7 Å². The van der Waals surface area contributed by atoms with Crippen molar-refractivity contribution in [3.63, 3.8) is 0 Å². The van der Waals surface area contributed by atoms with Gasteiger partial charge in [-0.3, -0.25) is 0 Å². The summed E-state index contributed by atoms with van der Waals surface area (Å²) in [6.45, 7) is 2.66. The smallest absolute Gasteiger partial charge is 0.322 e. The molecule has 2 amide bonds. The van der Waals surface area contributed by atoms with Gasteiger partial charge in [0.2, 0.25) is 0 Å². The van der Waals surface area contributed by atoms with Gasteiger partial charge in [-0.05, 0) is 86.6 Å². The summed E-state index contributed by atoms with van der Waals surface area (Å²) < 4.78 is 12.4. The lowest BCUT2D eigenvalue weighted by Crippen LogP contribution is -2.51. The highest BCUT2D eigenvalue weighted by molar-refractivity contribution is 6.39. The van der Waals surface area contributed by atoms with Crippen LogP contribution in [-0.2, 0) is 11.3 Å². The number of nitrogens with one attached hydrogen (secondary N) is 1. The van der Waals surface area contributed by atoms with E-state index in [1.807, 2.05) is 24.3 Å². The number of hydrogen-bond donors (Lipinski definition) is 1. The predicted octanol–water partition coefficient (Wildman–Crippen LogP) is 9.56. The zero-order chi connectivity index (χ0) is 28.8. The molecule has 42 heavy (non-hydrogen) atoms. The van der Waals surface area contributed by atoms with Crippen LogP contribution in [0.5, 0.6) is 0 Å². The van der Waals surface area contributed by atoms with Crippen molar-refractivity contribution in [3.8, 4) is 11.3 Å². The first kappa shape index (κ1) is 28.2. The molecule has 1 N–H and O–H groups in total. The number of anilines is 1. The quantitative estimate of drug-likeness (QED) is 0.290. The van der Waals surface area contributed by atoms with E-state index < -0.39 is 0 Å². The molecule has 2 aliphatic carbocycles. The molecule has 1 aromatic heterocycles. The van der Waals surface area contributed by atoms with Crippen molar-refractivity contribution in [2.75, 3.05) is 5.32 Å². The minimum Gasteiger partial charge on any atom is -0.373 e. The zero-order valence-corrected chi connectivity index (χ0v) is 25.7. The standard InChI is InChI=1S/C34H39Cl2N3O3/c1-20-15-25-17-26(41-19-27-32(38-42-33(27)22-13-14-22)31-28(35)11-6-12-29(31)36)18-30(20)39(25)34(40)37-24-10-5-9-23(16-24)21-7-3-2-4-8-21/h5-6,9-12,16,20-22,25-26,30H,2-4,7-8,13-15,17-19H2,1H3,(H,37,40)/t20-,25?,26+,30?/m1/s1. The van der Waals surface area contributed by atoms with Gasteiger partial charge in [-0.15, -0.1) is 0 Å². The summed E-state index contributed by atoms with van der Waals surface area (Å²) in [7, 11) is 0. The number of aromatic nitrogens is 1. The zero-order valence-electron chi connectivity index (χ0n) is 24.2. The molecule has 3 heterocycles. The van der Waals surface area contributed by atoms with E-state index in [2.05, 4.69) is 40.5 Å². The molecule has 2 aromatic carbocycles. The van der Waals surface area contributed by atoms with Crippen LogP contribution in [0.3, 0.4) is 0 Å². The Labute approximate surface area is 258 Å². The molecule has 8 heteroatoms. The number of benzene rings is 2. The van der Waals surface area contributed by atoms with Crippen molar-refractivity contribution in [1.82, 2.24) is 10.1 Å². The van der Waals surface area contributed by atoms with Crippen LogP contribution in [0.25, 0.3) is 11.3 Å². The SMILES string of the molecule is C[C@@H]1CC2C[C@H](OCc3c(-c4c(Cl)cccc4Cl)noc3C3CC3)CC1N2C(=O)Nc1cccc(C2CCCCC2)c1. The monoisotopic (exact) mass is 607 g/mol. The summed E-state index contributed by atoms with van der Waals surface area (Å²) >= 11 is 13.1. The van der Waals surface area contributed by atoms with Gasteiger partial charge < -0.3 is 19.5 Å². The Hall–Kier alpha value is -2.54. The second kappa shape index (κ2) is 11.9. The van der Waals surface area contributed by atoms with Crippen LogP contribution >= 0.6 is 23.2 Å². The van der Waals surface area contributed by atoms with Gasteiger partial charge in [0.25, 0.3) is 0 Å².